The lowest BCUT2D eigenvalue weighted by molar-refractivity contribution is -0.207. The Hall–Kier alpha value is -0.650. The second-order valence-corrected chi connectivity index (χ2v) is 2.16. The highest BCUT2D eigenvalue weighted by atomic mass is 16.7. The molecule has 0 radical (unpaired) electrons. The Morgan fingerprint density at radius 1 is 1.55 bits per heavy atom. The van der Waals surface area contributed by atoms with Gasteiger partial charge in [-0.3, -0.25) is 0 Å². The van der Waals surface area contributed by atoms with Crippen LogP contribution in [0.15, 0.2) is 0 Å². The molecule has 1 saturated heterocycles. The predicted molar refractivity (Wildman–Crippen MR) is 35.6 cm³/mol. The zero-order valence-electron chi connectivity index (χ0n) is 6.15. The van der Waals surface area contributed by atoms with Crippen LogP contribution >= 0.6 is 0 Å². The van der Waals surface area contributed by atoms with Gasteiger partial charge < -0.3 is 14.7 Å². The fourth-order valence-corrected chi connectivity index (χ4v) is 0.811. The highest BCUT2D eigenvalue weighted by Gasteiger charge is 2.13. The van der Waals surface area contributed by atoms with Crippen LogP contribution in [0, 0.1) is 0 Å². The molecule has 0 aromatic carbocycles. The first-order chi connectivity index (χ1) is 5.33. The summed E-state index contributed by atoms with van der Waals surface area (Å²) < 4.78 is 5.02. The largest absolute Gasteiger partial charge is 0.385 e. The molecule has 0 spiro atoms. The molecule has 5 heteroatoms. The number of carbonyl (C=O) groups is 1. The van der Waals surface area contributed by atoms with Gasteiger partial charge in [0.2, 0.25) is 0 Å². The van der Waals surface area contributed by atoms with Crippen molar-refractivity contribution < 1.29 is 19.5 Å². The maximum Gasteiger partial charge on any atom is 0.350 e. The van der Waals surface area contributed by atoms with E-state index < -0.39 is 12.6 Å². The molecule has 1 heterocycles. The Morgan fingerprint density at radius 2 is 2.18 bits per heavy atom. The summed E-state index contributed by atoms with van der Waals surface area (Å²) in [6.07, 6.45) is 0. The number of ether oxygens (including phenoxy) is 1. The zero-order valence-corrected chi connectivity index (χ0v) is 6.15. The molecule has 5 nitrogen and oxygen atoms in total. The summed E-state index contributed by atoms with van der Waals surface area (Å²) in [5.74, 6) is -0.619. The van der Waals surface area contributed by atoms with Gasteiger partial charge in [-0.25, -0.2) is 4.79 Å². The number of hydroxylamine groups is 2. The van der Waals surface area contributed by atoms with Gasteiger partial charge in [0.15, 0.2) is 0 Å². The third-order valence-electron chi connectivity index (χ3n) is 1.33. The average Bonchev–Trinajstić information content (AvgIpc) is 2.06. The van der Waals surface area contributed by atoms with Crippen molar-refractivity contribution in [2.24, 2.45) is 0 Å². The van der Waals surface area contributed by atoms with Crippen molar-refractivity contribution in [3.8, 4) is 0 Å². The van der Waals surface area contributed by atoms with Crippen LogP contribution in [-0.2, 0) is 14.4 Å². The van der Waals surface area contributed by atoms with Crippen molar-refractivity contribution in [1.29, 1.82) is 0 Å². The van der Waals surface area contributed by atoms with E-state index in [2.05, 4.69) is 0 Å². The maximum absolute atomic E-state index is 10.5. The first-order valence-corrected chi connectivity index (χ1v) is 3.47. The van der Waals surface area contributed by atoms with Crippen LogP contribution < -0.4 is 0 Å². The number of aliphatic hydroxyl groups excluding tert-OH is 1. The molecule has 1 N–H and O–H groups in total. The number of carbonyl (C=O) groups excluding carboxylic acids is 1. The first-order valence-electron chi connectivity index (χ1n) is 3.47. The van der Waals surface area contributed by atoms with Crippen LogP contribution in [0.2, 0.25) is 0 Å². The number of morpholine rings is 1. The second kappa shape index (κ2) is 4.27. The van der Waals surface area contributed by atoms with E-state index in [4.69, 9.17) is 14.7 Å². The summed E-state index contributed by atoms with van der Waals surface area (Å²) >= 11 is 0. The van der Waals surface area contributed by atoms with Gasteiger partial charge in [-0.2, -0.15) is 0 Å². The Balaban J connectivity index is 2.19. The molecule has 1 fully saturated rings. The fourth-order valence-electron chi connectivity index (χ4n) is 0.811. The van der Waals surface area contributed by atoms with Crippen molar-refractivity contribution in [3.63, 3.8) is 0 Å². The van der Waals surface area contributed by atoms with Crippen LogP contribution in [0.3, 0.4) is 0 Å². The first kappa shape index (κ1) is 8.45. The monoisotopic (exact) mass is 161 g/mol. The molecule has 64 valence electrons. The van der Waals surface area contributed by atoms with Gasteiger partial charge in [-0.15, -0.1) is 5.06 Å². The highest BCUT2D eigenvalue weighted by molar-refractivity contribution is 5.69. The molecule has 0 unspecified atom stereocenters. The molecule has 0 aromatic rings. The maximum atomic E-state index is 10.5. The smallest absolute Gasteiger partial charge is 0.350 e. The molecule has 0 aromatic heterocycles. The van der Waals surface area contributed by atoms with Crippen LogP contribution in [-0.4, -0.2) is 49.0 Å². The SMILES string of the molecule is O=C(CO)ON1CCOCC1. The Morgan fingerprint density at radius 3 is 2.73 bits per heavy atom. The minimum absolute atomic E-state index is 0.568. The molecule has 0 amide bonds. The molecule has 11 heavy (non-hydrogen) atoms. The van der Waals surface area contributed by atoms with Crippen LogP contribution in [0.4, 0.5) is 0 Å². The van der Waals surface area contributed by atoms with Crippen LogP contribution in [0.1, 0.15) is 0 Å². The summed E-state index contributed by atoms with van der Waals surface area (Å²) in [5, 5.41) is 9.82. The quantitative estimate of drug-likeness (QED) is 0.549. The topological polar surface area (TPSA) is 59.0 Å². The molecule has 0 saturated carbocycles. The van der Waals surface area contributed by atoms with Gasteiger partial charge in [-0.1, -0.05) is 0 Å². The molecular formula is C6H11NO4. The van der Waals surface area contributed by atoms with Gasteiger partial charge in [0, 0.05) is 0 Å². The molecule has 0 atom stereocenters. The van der Waals surface area contributed by atoms with Crippen molar-refractivity contribution >= 4 is 5.97 Å². The highest BCUT2D eigenvalue weighted by Crippen LogP contribution is 1.97. The molecule has 0 bridgehead atoms. The van der Waals surface area contributed by atoms with E-state index in [0.29, 0.717) is 26.3 Å². The Labute approximate surface area is 64.5 Å². The Bertz CT molecular complexity index is 133. The number of hydrogen-bond donors (Lipinski definition) is 1. The predicted octanol–water partition coefficient (Wildman–Crippen LogP) is -1.23. The third kappa shape index (κ3) is 2.83. The summed E-state index contributed by atoms with van der Waals surface area (Å²) in [4.78, 5) is 15.2. The van der Waals surface area contributed by atoms with E-state index in [-0.39, 0.29) is 0 Å². The van der Waals surface area contributed by atoms with Gasteiger partial charge in [0.25, 0.3) is 0 Å². The fraction of sp³-hybridized carbons (Fsp3) is 0.833. The summed E-state index contributed by atoms with van der Waals surface area (Å²) in [7, 11) is 0. The molecule has 1 rings (SSSR count). The molecule has 1 aliphatic rings. The van der Waals surface area contributed by atoms with E-state index in [1.807, 2.05) is 0 Å². The Kier molecular flexibility index (Phi) is 3.28. The zero-order chi connectivity index (χ0) is 8.10. The van der Waals surface area contributed by atoms with Crippen LogP contribution in [0.25, 0.3) is 0 Å². The van der Waals surface area contributed by atoms with E-state index in [9.17, 15) is 4.79 Å². The number of rotatable bonds is 2. The summed E-state index contributed by atoms with van der Waals surface area (Å²) in [5.41, 5.74) is 0. The van der Waals surface area contributed by atoms with E-state index >= 15 is 0 Å². The summed E-state index contributed by atoms with van der Waals surface area (Å²) in [6, 6.07) is 0. The standard InChI is InChI=1S/C6H11NO4/c8-5-6(9)11-7-1-3-10-4-2-7/h8H,1-5H2. The lowest BCUT2D eigenvalue weighted by Gasteiger charge is -2.24. The van der Waals surface area contributed by atoms with Crippen LogP contribution in [0.5, 0.6) is 0 Å². The van der Waals surface area contributed by atoms with Gasteiger partial charge in [0.05, 0.1) is 26.3 Å². The molecule has 1 aliphatic heterocycles. The second-order valence-electron chi connectivity index (χ2n) is 2.16. The number of hydrogen-bond acceptors (Lipinski definition) is 5. The van der Waals surface area contributed by atoms with Crippen molar-refractivity contribution in [2.75, 3.05) is 32.9 Å². The van der Waals surface area contributed by atoms with E-state index in [0.717, 1.165) is 0 Å². The average molecular weight is 161 g/mol. The van der Waals surface area contributed by atoms with E-state index in [1.165, 1.54) is 5.06 Å². The number of aliphatic hydroxyl groups is 1. The third-order valence-corrected chi connectivity index (χ3v) is 1.33. The minimum atomic E-state index is -0.619. The van der Waals surface area contributed by atoms with Gasteiger partial charge in [-0.05, 0) is 0 Å². The molecule has 0 aliphatic carbocycles. The number of nitrogens with zero attached hydrogens (tertiary/aromatic N) is 1. The van der Waals surface area contributed by atoms with Gasteiger partial charge >= 0.3 is 5.97 Å². The van der Waals surface area contributed by atoms with Gasteiger partial charge in [0.1, 0.15) is 6.61 Å². The van der Waals surface area contributed by atoms with Crippen molar-refractivity contribution in [2.45, 2.75) is 0 Å². The lowest BCUT2D eigenvalue weighted by atomic mass is 10.5. The van der Waals surface area contributed by atoms with Crippen molar-refractivity contribution in [1.82, 2.24) is 5.06 Å². The lowest BCUT2D eigenvalue weighted by Crippen LogP contribution is -2.38. The minimum Gasteiger partial charge on any atom is -0.385 e. The van der Waals surface area contributed by atoms with Crippen molar-refractivity contribution in [3.05, 3.63) is 0 Å². The normalized spacial score (nSPS) is 19.7. The molecular weight excluding hydrogens is 150 g/mol. The van der Waals surface area contributed by atoms with E-state index in [1.54, 1.807) is 0 Å². The summed E-state index contributed by atoms with van der Waals surface area (Å²) in [6.45, 7) is 1.71.